The summed E-state index contributed by atoms with van der Waals surface area (Å²) in [5, 5.41) is 28.0. The van der Waals surface area contributed by atoms with Gasteiger partial charge in [-0.15, -0.1) is 0 Å². The average Bonchev–Trinajstić information content (AvgIpc) is 3.23. The highest BCUT2D eigenvalue weighted by Crippen LogP contribution is 2.52. The number of hydrogen-bond donors (Lipinski definition) is 2. The smallest absolute Gasteiger partial charge is 0.141 e. The highest BCUT2D eigenvalue weighted by Gasteiger charge is 2.44. The molecule has 0 aliphatic heterocycles. The van der Waals surface area contributed by atoms with Gasteiger partial charge in [0.25, 0.3) is 0 Å². The lowest BCUT2D eigenvalue weighted by Crippen LogP contribution is -2.34. The monoisotopic (exact) mass is 810 g/mol. The molecule has 6 heteroatoms. The normalized spacial score (nSPS) is 14.3. The molecule has 0 atom stereocenters. The van der Waals surface area contributed by atoms with Crippen LogP contribution in [0.25, 0.3) is 11.1 Å². The van der Waals surface area contributed by atoms with Crippen LogP contribution < -0.4 is 0 Å². The second-order valence-corrected chi connectivity index (χ2v) is 17.8. The first-order chi connectivity index (χ1) is 28.5. The van der Waals surface area contributed by atoms with Crippen molar-refractivity contribution < 1.29 is 27.8 Å². The molecule has 2 aliphatic rings. The van der Waals surface area contributed by atoms with Gasteiger partial charge in [-0.3, -0.25) is 0 Å². The van der Waals surface area contributed by atoms with Crippen molar-refractivity contribution >= 4 is 0 Å². The van der Waals surface area contributed by atoms with Crippen LogP contribution in [0.15, 0.2) is 72.8 Å². The third-order valence-electron chi connectivity index (χ3n) is 13.5. The van der Waals surface area contributed by atoms with Crippen LogP contribution in [-0.4, -0.2) is 10.2 Å². The van der Waals surface area contributed by atoms with E-state index in [1.165, 1.54) is 0 Å². The summed E-state index contributed by atoms with van der Waals surface area (Å²) in [4.78, 5) is 0. The van der Waals surface area contributed by atoms with Crippen LogP contribution in [0.1, 0.15) is 126 Å². The lowest BCUT2D eigenvalue weighted by atomic mass is 9.68. The second kappa shape index (κ2) is 15.5. The van der Waals surface area contributed by atoms with Crippen LogP contribution >= 0.6 is 0 Å². The van der Waals surface area contributed by atoms with Gasteiger partial charge >= 0.3 is 0 Å². The predicted octanol–water partition coefficient (Wildman–Crippen LogP) is 12.7. The topological polar surface area (TPSA) is 40.5 Å². The number of hydrogen-bond acceptors (Lipinski definition) is 2. The van der Waals surface area contributed by atoms with E-state index in [0.29, 0.717) is 90.7 Å². The zero-order chi connectivity index (χ0) is 43.0. The van der Waals surface area contributed by atoms with E-state index in [4.69, 9.17) is 0 Å². The molecule has 8 rings (SSSR count). The van der Waals surface area contributed by atoms with Gasteiger partial charge in [0.15, 0.2) is 0 Å². The van der Waals surface area contributed by atoms with Gasteiger partial charge in [-0.05, 0) is 255 Å². The molecule has 60 heavy (non-hydrogen) atoms. The van der Waals surface area contributed by atoms with Crippen LogP contribution in [0.2, 0.25) is 0 Å². The van der Waals surface area contributed by atoms with E-state index in [9.17, 15) is 10.2 Å². The Morgan fingerprint density at radius 3 is 0.850 bits per heavy atom. The van der Waals surface area contributed by atoms with Crippen LogP contribution in [0.4, 0.5) is 17.6 Å². The molecule has 0 unspecified atom stereocenters. The largest absolute Gasteiger partial charge is 0.376 e. The Morgan fingerprint density at radius 2 is 0.600 bits per heavy atom. The van der Waals surface area contributed by atoms with E-state index in [1.54, 1.807) is 104 Å². The van der Waals surface area contributed by atoms with Crippen molar-refractivity contribution in [3.8, 4) is 11.1 Å². The number of aryl methyl sites for hydroxylation is 10. The molecule has 0 bridgehead atoms. The summed E-state index contributed by atoms with van der Waals surface area (Å²) in [6.07, 6.45) is 6.88. The highest BCUT2D eigenvalue weighted by atomic mass is 19.1. The van der Waals surface area contributed by atoms with Gasteiger partial charge in [0, 0.05) is 11.1 Å². The molecule has 0 aromatic heterocycles. The van der Waals surface area contributed by atoms with Crippen molar-refractivity contribution in [2.24, 2.45) is 0 Å². The predicted molar refractivity (Wildman–Crippen MR) is 233 cm³/mol. The molecule has 0 saturated heterocycles. The minimum Gasteiger partial charge on any atom is -0.376 e. The Morgan fingerprint density at radius 1 is 0.367 bits per heavy atom. The molecule has 310 valence electrons. The molecule has 0 fully saturated rings. The molecule has 0 amide bonds. The SMILES string of the molecule is Cc1cc(C(O)(c2cc(C)c(F)c(C)c2)c2ccc3c(c2-c2c(C(O)(c4cc(C)c(F)c(C)c4)c4cc(C)c(F)c(C)c4)ccc4c2CCCC4)CCCC3)cc(C)c1F. The number of rotatable bonds is 7. The summed E-state index contributed by atoms with van der Waals surface area (Å²) >= 11 is 0. The standard InChI is InChI=1S/C54H54F4O2/c1-29-21-39(22-30(2)49(29)55)53(59,40-23-31(3)50(56)32(4)24-40)45-19-17-37-13-9-11-15-43(37)47(45)48-44-16-12-10-14-38(44)18-20-46(48)54(60,41-25-33(5)51(57)34(6)26-41)42-27-35(7)52(58)36(8)28-42/h17-28,59-60H,9-16H2,1-8H3. The Labute approximate surface area is 352 Å². The fraction of sp³-hybridized carbons (Fsp3) is 0.333. The molecule has 0 heterocycles. The Kier molecular flexibility index (Phi) is 10.7. The Hall–Kier alpha value is -5.04. The van der Waals surface area contributed by atoms with Gasteiger partial charge in [-0.1, -0.05) is 24.3 Å². The number of fused-ring (bicyclic) bond motifs is 2. The Bertz CT molecular complexity index is 2330. The van der Waals surface area contributed by atoms with E-state index < -0.39 is 11.2 Å². The van der Waals surface area contributed by atoms with Gasteiger partial charge in [-0.25, -0.2) is 17.6 Å². The molecule has 2 N–H and O–H groups in total. The highest BCUT2D eigenvalue weighted by molar-refractivity contribution is 5.84. The van der Waals surface area contributed by atoms with Gasteiger partial charge < -0.3 is 10.2 Å². The molecule has 6 aromatic carbocycles. The van der Waals surface area contributed by atoms with Crippen molar-refractivity contribution in [3.05, 3.63) is 196 Å². The van der Waals surface area contributed by atoms with Crippen LogP contribution in [0, 0.1) is 78.7 Å². The molecule has 0 radical (unpaired) electrons. The quantitative estimate of drug-likeness (QED) is 0.125. The molecule has 0 saturated carbocycles. The molecule has 2 aliphatic carbocycles. The molecular formula is C54H54F4O2. The Balaban J connectivity index is 1.59. The maximum Gasteiger partial charge on any atom is 0.141 e. The van der Waals surface area contributed by atoms with E-state index >= 15 is 17.6 Å². The first-order valence-electron chi connectivity index (χ1n) is 21.3. The zero-order valence-corrected chi connectivity index (χ0v) is 36.0. The minimum absolute atomic E-state index is 0.363. The lowest BCUT2D eigenvalue weighted by Gasteiger charge is -2.39. The van der Waals surface area contributed by atoms with Gasteiger partial charge in [-0.2, -0.15) is 0 Å². The maximum atomic E-state index is 15.5. The molecule has 2 nitrogen and oxygen atoms in total. The van der Waals surface area contributed by atoms with Crippen molar-refractivity contribution in [1.82, 2.24) is 0 Å². The third-order valence-corrected chi connectivity index (χ3v) is 13.5. The van der Waals surface area contributed by atoms with E-state index in [0.717, 1.165) is 71.9 Å². The first kappa shape index (κ1) is 41.7. The van der Waals surface area contributed by atoms with Crippen molar-refractivity contribution in [3.63, 3.8) is 0 Å². The summed E-state index contributed by atoms with van der Waals surface area (Å²) in [7, 11) is 0. The molecule has 6 aromatic rings. The van der Waals surface area contributed by atoms with E-state index in [1.807, 2.05) is 12.1 Å². The fourth-order valence-electron chi connectivity index (χ4n) is 10.4. The number of aliphatic hydroxyl groups is 2. The van der Waals surface area contributed by atoms with Gasteiger partial charge in [0.05, 0.1) is 0 Å². The van der Waals surface area contributed by atoms with E-state index in [-0.39, 0.29) is 23.3 Å². The minimum atomic E-state index is -1.92. The van der Waals surface area contributed by atoms with E-state index in [2.05, 4.69) is 12.1 Å². The fourth-order valence-corrected chi connectivity index (χ4v) is 10.4. The number of benzene rings is 6. The third kappa shape index (κ3) is 6.62. The van der Waals surface area contributed by atoms with Crippen LogP contribution in [-0.2, 0) is 36.9 Å². The van der Waals surface area contributed by atoms with Crippen molar-refractivity contribution in [2.45, 2.75) is 118 Å². The first-order valence-corrected chi connectivity index (χ1v) is 21.3. The van der Waals surface area contributed by atoms with Crippen molar-refractivity contribution in [1.29, 1.82) is 0 Å². The zero-order valence-electron chi connectivity index (χ0n) is 36.0. The summed E-state index contributed by atoms with van der Waals surface area (Å²) in [6.45, 7) is 13.5. The summed E-state index contributed by atoms with van der Waals surface area (Å²) < 4.78 is 62.0. The average molecular weight is 811 g/mol. The molecular weight excluding hydrogens is 757 g/mol. The summed E-state index contributed by atoms with van der Waals surface area (Å²) in [5.41, 5.74) is 7.94. The van der Waals surface area contributed by atoms with Gasteiger partial charge in [0.1, 0.15) is 34.5 Å². The lowest BCUT2D eigenvalue weighted by molar-refractivity contribution is 0.123. The van der Waals surface area contributed by atoms with Crippen molar-refractivity contribution in [2.75, 3.05) is 0 Å². The summed E-state index contributed by atoms with van der Waals surface area (Å²) in [6, 6.07) is 21.6. The van der Waals surface area contributed by atoms with Crippen LogP contribution in [0.5, 0.6) is 0 Å². The second-order valence-electron chi connectivity index (χ2n) is 17.8. The number of halogens is 4. The van der Waals surface area contributed by atoms with Crippen LogP contribution in [0.3, 0.4) is 0 Å². The van der Waals surface area contributed by atoms with Gasteiger partial charge in [0.2, 0.25) is 0 Å². The molecule has 0 spiro atoms. The maximum absolute atomic E-state index is 15.5. The summed E-state index contributed by atoms with van der Waals surface area (Å²) in [5.74, 6) is -1.45.